The summed E-state index contributed by atoms with van der Waals surface area (Å²) in [6.45, 7) is 4.69. The molecule has 1 unspecified atom stereocenters. The molecule has 1 aromatic carbocycles. The van der Waals surface area contributed by atoms with E-state index in [1.54, 1.807) is 19.6 Å². The van der Waals surface area contributed by atoms with E-state index in [9.17, 15) is 9.59 Å². The largest absolute Gasteiger partial charge is 0.384 e. The summed E-state index contributed by atoms with van der Waals surface area (Å²) in [5.41, 5.74) is 6.89. The average molecular weight is 462 g/mol. The van der Waals surface area contributed by atoms with Gasteiger partial charge in [-0.3, -0.25) is 9.59 Å². The van der Waals surface area contributed by atoms with Crippen molar-refractivity contribution < 1.29 is 14.3 Å². The molecule has 4 heteroatoms. The van der Waals surface area contributed by atoms with Gasteiger partial charge in [-0.15, -0.1) is 0 Å². The van der Waals surface area contributed by atoms with Crippen molar-refractivity contribution in [2.45, 2.75) is 58.3 Å². The van der Waals surface area contributed by atoms with Crippen LogP contribution in [0.3, 0.4) is 0 Å². The Balaban J connectivity index is 1.65. The van der Waals surface area contributed by atoms with Crippen LogP contribution >= 0.6 is 0 Å². The van der Waals surface area contributed by atoms with E-state index in [0.29, 0.717) is 30.1 Å². The molecule has 4 aliphatic rings. The number of fused-ring (bicyclic) bond motifs is 4. The molecule has 0 radical (unpaired) electrons. The molecular weight excluding hydrogens is 422 g/mol. The van der Waals surface area contributed by atoms with Gasteiger partial charge in [0.2, 0.25) is 0 Å². The lowest BCUT2D eigenvalue weighted by Gasteiger charge is -2.52. The molecule has 0 aromatic heterocycles. The summed E-state index contributed by atoms with van der Waals surface area (Å²) >= 11 is 0. The number of allylic oxidation sites excluding steroid dienone is 4. The highest BCUT2D eigenvalue weighted by Gasteiger charge is 2.57. The van der Waals surface area contributed by atoms with Crippen LogP contribution in [0.5, 0.6) is 0 Å². The summed E-state index contributed by atoms with van der Waals surface area (Å²) in [4.78, 5) is 27.7. The van der Waals surface area contributed by atoms with Gasteiger partial charge in [-0.1, -0.05) is 24.6 Å². The number of carbonyl (C=O) groups excluding carboxylic acids is 2. The highest BCUT2D eigenvalue weighted by atomic mass is 16.5. The lowest BCUT2D eigenvalue weighted by atomic mass is 9.51. The van der Waals surface area contributed by atoms with Crippen molar-refractivity contribution in [2.75, 3.05) is 32.7 Å². The van der Waals surface area contributed by atoms with Gasteiger partial charge in [-0.05, 0) is 97.6 Å². The Morgan fingerprint density at radius 2 is 1.88 bits per heavy atom. The molecule has 0 bridgehead atoms. The van der Waals surface area contributed by atoms with Gasteiger partial charge in [0.1, 0.15) is 5.78 Å². The molecule has 0 aliphatic heterocycles. The lowest BCUT2D eigenvalue weighted by Crippen LogP contribution is -2.45. The third-order valence-corrected chi connectivity index (χ3v) is 9.61. The fraction of sp³-hybridized carbons (Fsp3) is 0.600. The zero-order chi connectivity index (χ0) is 24.2. The van der Waals surface area contributed by atoms with Gasteiger partial charge in [0.05, 0.1) is 6.61 Å². The van der Waals surface area contributed by atoms with E-state index in [4.69, 9.17) is 4.74 Å². The van der Waals surface area contributed by atoms with E-state index in [1.807, 2.05) is 6.08 Å². The standard InChI is InChI=1S/C30H39NO3/c1-18(32)26-12-13-27-23-11-8-20-15-28(33)21(17-34-5)14-24(20)29(23)25(16-30(26,27)2)19-6-9-22(10-7-19)31(3)4/h6-7,9-10,15,21,23,25-27H,8,11-14,16-17H2,1-5H3/t21?,23-,25+,26+,27-,30+/m0/s1. The molecule has 2 saturated carbocycles. The Morgan fingerprint density at radius 3 is 2.53 bits per heavy atom. The van der Waals surface area contributed by atoms with Gasteiger partial charge in [0.25, 0.3) is 0 Å². The van der Waals surface area contributed by atoms with E-state index in [0.717, 1.165) is 38.5 Å². The Hall–Kier alpha value is -2.20. The molecule has 5 rings (SSSR count). The van der Waals surface area contributed by atoms with E-state index in [2.05, 4.69) is 50.2 Å². The first-order valence-electron chi connectivity index (χ1n) is 13.0. The summed E-state index contributed by atoms with van der Waals surface area (Å²) in [5.74, 6) is 2.04. The number of hydrogen-bond donors (Lipinski definition) is 0. The van der Waals surface area contributed by atoms with E-state index in [-0.39, 0.29) is 23.0 Å². The smallest absolute Gasteiger partial charge is 0.161 e. The fourth-order valence-corrected chi connectivity index (χ4v) is 8.04. The molecule has 182 valence electrons. The van der Waals surface area contributed by atoms with Crippen LogP contribution in [0.25, 0.3) is 0 Å². The second kappa shape index (κ2) is 8.78. The quantitative estimate of drug-likeness (QED) is 0.562. The summed E-state index contributed by atoms with van der Waals surface area (Å²) < 4.78 is 5.43. The first-order chi connectivity index (χ1) is 16.2. The third kappa shape index (κ3) is 3.69. The molecule has 0 N–H and O–H groups in total. The maximum Gasteiger partial charge on any atom is 0.161 e. The van der Waals surface area contributed by atoms with E-state index in [1.165, 1.54) is 22.4 Å². The van der Waals surface area contributed by atoms with Crippen molar-refractivity contribution in [2.24, 2.45) is 29.1 Å². The van der Waals surface area contributed by atoms with Crippen LogP contribution < -0.4 is 4.90 Å². The number of anilines is 1. The van der Waals surface area contributed by atoms with Crippen molar-refractivity contribution in [3.05, 3.63) is 52.6 Å². The second-order valence-corrected chi connectivity index (χ2v) is 11.6. The molecule has 0 spiro atoms. The topological polar surface area (TPSA) is 46.6 Å². The molecular formula is C30H39NO3. The molecule has 4 aliphatic carbocycles. The SMILES string of the molecule is COCC1CC2=C3[C@@H](CCC2=CC1=O)[C@@H]1CC[C@H](C(C)=O)[C@@]1(C)C[C@@H]3c1ccc(N(C)C)cc1. The van der Waals surface area contributed by atoms with Crippen molar-refractivity contribution >= 4 is 17.3 Å². The van der Waals surface area contributed by atoms with Gasteiger partial charge in [-0.2, -0.15) is 0 Å². The van der Waals surface area contributed by atoms with Crippen molar-refractivity contribution in [1.29, 1.82) is 0 Å². The number of nitrogens with zero attached hydrogens (tertiary/aromatic N) is 1. The second-order valence-electron chi connectivity index (χ2n) is 11.6. The molecule has 6 atom stereocenters. The van der Waals surface area contributed by atoms with Crippen molar-refractivity contribution in [3.8, 4) is 0 Å². The van der Waals surface area contributed by atoms with E-state index < -0.39 is 0 Å². The Bertz CT molecular complexity index is 1050. The number of ether oxygens (including phenoxy) is 1. The van der Waals surface area contributed by atoms with Gasteiger partial charge in [-0.25, -0.2) is 0 Å². The zero-order valence-corrected chi connectivity index (χ0v) is 21.4. The van der Waals surface area contributed by atoms with Gasteiger partial charge < -0.3 is 9.64 Å². The van der Waals surface area contributed by atoms with Gasteiger partial charge in [0.15, 0.2) is 5.78 Å². The van der Waals surface area contributed by atoms with Crippen LogP contribution in [-0.2, 0) is 14.3 Å². The monoisotopic (exact) mass is 461 g/mol. The van der Waals surface area contributed by atoms with Crippen LogP contribution in [0.2, 0.25) is 0 Å². The number of carbonyl (C=O) groups is 2. The molecule has 0 heterocycles. The fourth-order valence-electron chi connectivity index (χ4n) is 8.04. The number of benzene rings is 1. The van der Waals surface area contributed by atoms with Gasteiger partial charge in [0, 0.05) is 44.6 Å². The van der Waals surface area contributed by atoms with E-state index >= 15 is 0 Å². The van der Waals surface area contributed by atoms with Crippen molar-refractivity contribution in [3.63, 3.8) is 0 Å². The summed E-state index contributed by atoms with van der Waals surface area (Å²) in [7, 11) is 5.84. The minimum atomic E-state index is -0.0753. The average Bonchev–Trinajstić information content (AvgIpc) is 3.16. The molecule has 4 nitrogen and oxygen atoms in total. The lowest BCUT2D eigenvalue weighted by molar-refractivity contribution is -0.125. The number of hydrogen-bond acceptors (Lipinski definition) is 4. The van der Waals surface area contributed by atoms with Crippen LogP contribution in [0.4, 0.5) is 5.69 Å². The molecule has 34 heavy (non-hydrogen) atoms. The van der Waals surface area contributed by atoms with Crippen LogP contribution in [-0.4, -0.2) is 39.4 Å². The first kappa shape index (κ1) is 23.5. The zero-order valence-electron chi connectivity index (χ0n) is 21.4. The number of rotatable bonds is 5. The molecule has 2 fully saturated rings. The van der Waals surface area contributed by atoms with Crippen molar-refractivity contribution in [1.82, 2.24) is 0 Å². The minimum absolute atomic E-state index is 0.0447. The third-order valence-electron chi connectivity index (χ3n) is 9.61. The number of methoxy groups -OCH3 is 1. The number of ketones is 2. The Labute approximate surface area is 204 Å². The predicted octanol–water partition coefficient (Wildman–Crippen LogP) is 5.73. The van der Waals surface area contributed by atoms with Crippen LogP contribution in [0, 0.1) is 29.1 Å². The predicted molar refractivity (Wildman–Crippen MR) is 136 cm³/mol. The highest BCUT2D eigenvalue weighted by molar-refractivity contribution is 5.95. The first-order valence-corrected chi connectivity index (χ1v) is 13.0. The number of Topliss-reactive ketones (excluding diaryl/α,β-unsaturated/α-hetero) is 1. The molecule has 0 amide bonds. The molecule has 0 saturated heterocycles. The summed E-state index contributed by atoms with van der Waals surface area (Å²) in [6, 6.07) is 9.03. The molecule has 1 aromatic rings. The Kier molecular flexibility index (Phi) is 6.08. The summed E-state index contributed by atoms with van der Waals surface area (Å²) in [6.07, 6.45) is 8.01. The van der Waals surface area contributed by atoms with Crippen LogP contribution in [0.1, 0.15) is 63.9 Å². The Morgan fingerprint density at radius 1 is 1.15 bits per heavy atom. The maximum atomic E-state index is 12.8. The minimum Gasteiger partial charge on any atom is -0.384 e. The highest BCUT2D eigenvalue weighted by Crippen LogP contribution is 2.65. The maximum absolute atomic E-state index is 12.8. The van der Waals surface area contributed by atoms with Crippen LogP contribution in [0.15, 0.2) is 47.1 Å². The normalized spacial score (nSPS) is 34.8. The summed E-state index contributed by atoms with van der Waals surface area (Å²) in [5, 5.41) is 0. The van der Waals surface area contributed by atoms with Gasteiger partial charge >= 0.3 is 0 Å².